The minimum atomic E-state index is -3.93. The lowest BCUT2D eigenvalue weighted by molar-refractivity contribution is 0.0950. The first kappa shape index (κ1) is 16.2. The van der Waals surface area contributed by atoms with E-state index in [1.807, 2.05) is 6.07 Å². The van der Waals surface area contributed by atoms with Crippen LogP contribution in [0, 0.1) is 6.92 Å². The lowest BCUT2D eigenvalue weighted by atomic mass is 10.1. The van der Waals surface area contributed by atoms with Crippen LogP contribution in [0.15, 0.2) is 39.8 Å². The van der Waals surface area contributed by atoms with E-state index in [-0.39, 0.29) is 23.0 Å². The molecule has 0 aliphatic carbocycles. The van der Waals surface area contributed by atoms with E-state index in [2.05, 4.69) is 10.4 Å². The Labute approximate surface area is 138 Å². The second-order valence-electron chi connectivity index (χ2n) is 5.36. The number of nitrogens with one attached hydrogen (secondary N) is 1. The quantitative estimate of drug-likeness (QED) is 0.730. The van der Waals surface area contributed by atoms with E-state index in [0.29, 0.717) is 16.8 Å². The molecular formula is C15H16N4O4S. The van der Waals surface area contributed by atoms with Crippen LogP contribution < -0.4 is 10.5 Å². The molecule has 1 aromatic carbocycles. The molecule has 2 aromatic heterocycles. The number of carbonyl (C=O) groups is 1. The Morgan fingerprint density at radius 3 is 2.83 bits per heavy atom. The molecular weight excluding hydrogens is 332 g/mol. The Hall–Kier alpha value is -2.65. The molecule has 3 rings (SSSR count). The van der Waals surface area contributed by atoms with Gasteiger partial charge in [0, 0.05) is 12.4 Å². The van der Waals surface area contributed by atoms with Gasteiger partial charge in [-0.05, 0) is 19.1 Å². The van der Waals surface area contributed by atoms with Gasteiger partial charge in [-0.3, -0.25) is 9.48 Å². The van der Waals surface area contributed by atoms with Crippen molar-refractivity contribution in [2.24, 2.45) is 12.2 Å². The van der Waals surface area contributed by atoms with Gasteiger partial charge in [-0.25, -0.2) is 13.6 Å². The van der Waals surface area contributed by atoms with Crippen LogP contribution in [0.3, 0.4) is 0 Å². The summed E-state index contributed by atoms with van der Waals surface area (Å²) < 4.78 is 30.2. The van der Waals surface area contributed by atoms with Gasteiger partial charge in [-0.15, -0.1) is 0 Å². The first-order chi connectivity index (χ1) is 11.3. The highest BCUT2D eigenvalue weighted by Gasteiger charge is 2.23. The number of fused-ring (bicyclic) bond motifs is 1. The van der Waals surface area contributed by atoms with Crippen molar-refractivity contribution >= 4 is 26.9 Å². The summed E-state index contributed by atoms with van der Waals surface area (Å²) in [7, 11) is -2.32. The third kappa shape index (κ3) is 2.79. The second-order valence-corrected chi connectivity index (χ2v) is 6.86. The van der Waals surface area contributed by atoms with Gasteiger partial charge in [0.05, 0.1) is 24.1 Å². The predicted octanol–water partition coefficient (Wildman–Crippen LogP) is 1.05. The zero-order valence-electron chi connectivity index (χ0n) is 13.1. The van der Waals surface area contributed by atoms with Gasteiger partial charge in [0.1, 0.15) is 16.2 Å². The van der Waals surface area contributed by atoms with Crippen molar-refractivity contribution in [1.29, 1.82) is 0 Å². The van der Waals surface area contributed by atoms with E-state index in [1.165, 1.54) is 10.9 Å². The third-order valence-corrected chi connectivity index (χ3v) is 4.87. The number of benzene rings is 1. The van der Waals surface area contributed by atoms with E-state index >= 15 is 0 Å². The molecule has 8 nitrogen and oxygen atoms in total. The van der Waals surface area contributed by atoms with Crippen molar-refractivity contribution in [1.82, 2.24) is 15.1 Å². The number of primary sulfonamides is 1. The van der Waals surface area contributed by atoms with Gasteiger partial charge in [0.2, 0.25) is 10.0 Å². The number of sulfonamides is 1. The van der Waals surface area contributed by atoms with Crippen molar-refractivity contribution in [3.05, 3.63) is 47.5 Å². The number of hydrogen-bond donors (Lipinski definition) is 2. The summed E-state index contributed by atoms with van der Waals surface area (Å²) >= 11 is 0. The minimum Gasteiger partial charge on any atom is -0.464 e. The largest absolute Gasteiger partial charge is 0.464 e. The highest BCUT2D eigenvalue weighted by atomic mass is 32.2. The van der Waals surface area contributed by atoms with Gasteiger partial charge in [-0.2, -0.15) is 5.10 Å². The highest BCUT2D eigenvalue weighted by Crippen LogP contribution is 2.21. The zero-order valence-corrected chi connectivity index (χ0v) is 13.9. The number of nitrogens with two attached hydrogens (primary N) is 1. The van der Waals surface area contributed by atoms with Crippen LogP contribution in [0.25, 0.3) is 11.0 Å². The lowest BCUT2D eigenvalue weighted by Gasteiger charge is -2.05. The van der Waals surface area contributed by atoms with E-state index in [9.17, 15) is 13.2 Å². The Balaban J connectivity index is 1.88. The summed E-state index contributed by atoms with van der Waals surface area (Å²) in [4.78, 5) is 12.3. The maximum absolute atomic E-state index is 12.4. The SMILES string of the molecule is Cc1c(S(N)(=O)=O)c(CNC(=O)c2cccc3ccoc23)nn1C. The van der Waals surface area contributed by atoms with Gasteiger partial charge in [-0.1, -0.05) is 12.1 Å². The Morgan fingerprint density at radius 1 is 1.38 bits per heavy atom. The van der Waals surface area contributed by atoms with Crippen LogP contribution >= 0.6 is 0 Å². The Morgan fingerprint density at radius 2 is 2.12 bits per heavy atom. The fourth-order valence-electron chi connectivity index (χ4n) is 2.57. The molecule has 2 heterocycles. The van der Waals surface area contributed by atoms with E-state index < -0.39 is 10.0 Å². The molecule has 0 bridgehead atoms. The summed E-state index contributed by atoms with van der Waals surface area (Å²) in [6.07, 6.45) is 1.50. The van der Waals surface area contributed by atoms with E-state index in [4.69, 9.17) is 9.56 Å². The highest BCUT2D eigenvalue weighted by molar-refractivity contribution is 7.89. The molecule has 0 aliphatic rings. The van der Waals surface area contributed by atoms with Crippen molar-refractivity contribution in [2.45, 2.75) is 18.4 Å². The first-order valence-corrected chi connectivity index (χ1v) is 8.63. The maximum Gasteiger partial charge on any atom is 0.255 e. The lowest BCUT2D eigenvalue weighted by Crippen LogP contribution is -2.25. The number of carbonyl (C=O) groups excluding carboxylic acids is 1. The topological polar surface area (TPSA) is 120 Å². The number of hydrogen-bond acceptors (Lipinski definition) is 5. The molecule has 9 heteroatoms. The van der Waals surface area contributed by atoms with Crippen LogP contribution in [-0.4, -0.2) is 24.1 Å². The summed E-state index contributed by atoms with van der Waals surface area (Å²) in [6, 6.07) is 6.96. The fraction of sp³-hybridized carbons (Fsp3) is 0.200. The number of nitrogens with zero attached hydrogens (tertiary/aromatic N) is 2. The molecule has 0 aliphatic heterocycles. The van der Waals surface area contributed by atoms with Crippen LogP contribution in [0.5, 0.6) is 0 Å². The Kier molecular flexibility index (Phi) is 3.90. The fourth-order valence-corrected chi connectivity index (χ4v) is 3.56. The zero-order chi connectivity index (χ0) is 17.5. The maximum atomic E-state index is 12.4. The molecule has 0 unspecified atom stereocenters. The molecule has 0 saturated heterocycles. The number of rotatable bonds is 4. The van der Waals surface area contributed by atoms with Gasteiger partial charge in [0.15, 0.2) is 0 Å². The molecule has 0 saturated carbocycles. The number of amides is 1. The summed E-state index contributed by atoms with van der Waals surface area (Å²) in [6.45, 7) is 1.53. The average Bonchev–Trinajstić information content (AvgIpc) is 3.09. The molecule has 24 heavy (non-hydrogen) atoms. The molecule has 3 aromatic rings. The number of aromatic nitrogens is 2. The molecule has 0 spiro atoms. The standard InChI is InChI=1S/C15H16N4O4S/c1-9-14(24(16,21)22)12(18-19(9)2)8-17-15(20)11-5-3-4-10-6-7-23-13(10)11/h3-7H,8H2,1-2H3,(H,17,20)(H2,16,21,22). The molecule has 126 valence electrons. The molecule has 3 N–H and O–H groups in total. The van der Waals surface area contributed by atoms with E-state index in [1.54, 1.807) is 32.2 Å². The third-order valence-electron chi connectivity index (χ3n) is 3.77. The smallest absolute Gasteiger partial charge is 0.255 e. The van der Waals surface area contributed by atoms with Crippen molar-refractivity contribution < 1.29 is 17.6 Å². The Bertz CT molecular complexity index is 1030. The van der Waals surface area contributed by atoms with Gasteiger partial charge in [0.25, 0.3) is 5.91 Å². The monoisotopic (exact) mass is 348 g/mol. The van der Waals surface area contributed by atoms with Crippen molar-refractivity contribution in [3.8, 4) is 0 Å². The summed E-state index contributed by atoms with van der Waals surface area (Å²) in [5.74, 6) is -0.390. The number of aryl methyl sites for hydroxylation is 1. The summed E-state index contributed by atoms with van der Waals surface area (Å²) in [5, 5.41) is 12.8. The first-order valence-electron chi connectivity index (χ1n) is 7.08. The second kappa shape index (κ2) is 5.77. The van der Waals surface area contributed by atoms with E-state index in [0.717, 1.165) is 5.39 Å². The van der Waals surface area contributed by atoms with Crippen LogP contribution in [0.1, 0.15) is 21.7 Å². The molecule has 0 fully saturated rings. The van der Waals surface area contributed by atoms with Crippen molar-refractivity contribution in [2.75, 3.05) is 0 Å². The number of furan rings is 1. The number of para-hydroxylation sites is 1. The molecule has 1 amide bonds. The summed E-state index contributed by atoms with van der Waals surface area (Å²) in [5.41, 5.74) is 1.44. The van der Waals surface area contributed by atoms with Crippen LogP contribution in [0.2, 0.25) is 0 Å². The predicted molar refractivity (Wildman–Crippen MR) is 86.7 cm³/mol. The normalized spacial score (nSPS) is 11.8. The molecule has 0 atom stereocenters. The molecule has 0 radical (unpaired) electrons. The van der Waals surface area contributed by atoms with Gasteiger partial charge < -0.3 is 9.73 Å². The average molecular weight is 348 g/mol. The van der Waals surface area contributed by atoms with Crippen LogP contribution in [-0.2, 0) is 23.6 Å². The van der Waals surface area contributed by atoms with Gasteiger partial charge >= 0.3 is 0 Å². The van der Waals surface area contributed by atoms with Crippen molar-refractivity contribution in [3.63, 3.8) is 0 Å². The minimum absolute atomic E-state index is 0.0661. The van der Waals surface area contributed by atoms with Crippen LogP contribution in [0.4, 0.5) is 0 Å².